The summed E-state index contributed by atoms with van der Waals surface area (Å²) in [4.78, 5) is 2.54. The summed E-state index contributed by atoms with van der Waals surface area (Å²) in [6, 6.07) is 52.9. The van der Waals surface area contributed by atoms with Crippen molar-refractivity contribution in [2.45, 2.75) is 50.1 Å². The molecule has 0 saturated heterocycles. The second-order valence-corrected chi connectivity index (χ2v) is 18.2. The molecule has 4 heteroatoms. The number of rotatable bonds is 5. The van der Waals surface area contributed by atoms with E-state index in [1.54, 1.807) is 0 Å². The van der Waals surface area contributed by atoms with Gasteiger partial charge >= 0.3 is 0 Å². The Hall–Kier alpha value is -7.56. The van der Waals surface area contributed by atoms with Crippen LogP contribution in [0.4, 0.5) is 11.4 Å². The van der Waals surface area contributed by atoms with E-state index in [0.29, 0.717) is 6.04 Å². The summed E-state index contributed by atoms with van der Waals surface area (Å²) in [5.41, 5.74) is 19.9. The smallest absolute Gasteiger partial charge is 0.0637 e. The Morgan fingerprint density at radius 2 is 1.33 bits per heavy atom. The van der Waals surface area contributed by atoms with Crippen molar-refractivity contribution in [1.82, 2.24) is 13.7 Å². The highest BCUT2D eigenvalue weighted by atomic mass is 15.2. The minimum atomic E-state index is 0.219. The third kappa shape index (κ3) is 5.17. The van der Waals surface area contributed by atoms with Crippen LogP contribution in [0, 0.1) is 0 Å². The molecule has 4 nitrogen and oxygen atoms in total. The van der Waals surface area contributed by atoms with E-state index in [-0.39, 0.29) is 12.0 Å². The van der Waals surface area contributed by atoms with Crippen LogP contribution in [0.1, 0.15) is 71.3 Å². The second-order valence-electron chi connectivity index (χ2n) is 18.2. The van der Waals surface area contributed by atoms with Gasteiger partial charge in [0.15, 0.2) is 0 Å². The highest BCUT2D eigenvalue weighted by Gasteiger charge is 2.43. The topological polar surface area (TPSA) is 18.0 Å². The summed E-state index contributed by atoms with van der Waals surface area (Å²) < 4.78 is 7.66. The van der Waals surface area contributed by atoms with Crippen LogP contribution < -0.4 is 4.90 Å². The molecular weight excluding hydrogens is 777 g/mol. The van der Waals surface area contributed by atoms with Gasteiger partial charge in [-0.05, 0) is 133 Å². The van der Waals surface area contributed by atoms with Crippen LogP contribution in [0.15, 0.2) is 188 Å². The number of nitrogens with zero attached hydrogens (tertiary/aromatic N) is 4. The third-order valence-corrected chi connectivity index (χ3v) is 14.9. The summed E-state index contributed by atoms with van der Waals surface area (Å²) in [5.74, 6) is 0.248. The summed E-state index contributed by atoms with van der Waals surface area (Å²) >= 11 is 0. The minimum Gasteiger partial charge on any atom is -0.333 e. The maximum Gasteiger partial charge on any atom is 0.0637 e. The normalized spacial score (nSPS) is 19.6. The van der Waals surface area contributed by atoms with Gasteiger partial charge in [-0.3, -0.25) is 0 Å². The number of benzene rings is 6. The van der Waals surface area contributed by atoms with E-state index in [1.165, 1.54) is 106 Å². The molecule has 0 amide bonds. The van der Waals surface area contributed by atoms with Gasteiger partial charge in [0.1, 0.15) is 0 Å². The molecule has 0 N–H and O–H groups in total. The zero-order valence-electron chi connectivity index (χ0n) is 35.6. The number of hydrogen-bond donors (Lipinski definition) is 0. The summed E-state index contributed by atoms with van der Waals surface area (Å²) in [5, 5.41) is 5.41. The van der Waals surface area contributed by atoms with Gasteiger partial charge in [0.2, 0.25) is 0 Å². The molecule has 6 aromatic carbocycles. The monoisotopic (exact) mass is 822 g/mol. The number of aryl methyl sites for hydroxylation is 1. The van der Waals surface area contributed by atoms with Gasteiger partial charge in [-0.15, -0.1) is 0 Å². The first-order chi connectivity index (χ1) is 31.8. The maximum absolute atomic E-state index is 2.57. The molecule has 4 aliphatic carbocycles. The van der Waals surface area contributed by atoms with Crippen LogP contribution in [0.2, 0.25) is 0 Å². The van der Waals surface area contributed by atoms with Gasteiger partial charge in [0.25, 0.3) is 0 Å². The second kappa shape index (κ2) is 14.0. The fraction of sp³-hybridized carbons (Fsp3) is 0.133. The molecule has 3 atom stereocenters. The SMILES string of the molecule is C1=CCC(n2c3ccccc3c3cc4c5c(n(-c6ccc(C7=CC=C(n8c9c(c%10ccccc%108)C8c%10ccccc%10N(c%10ccccc%10)C8C=C9)CC7)cc6)c4cc32)C=CCC5)C=C1. The Bertz CT molecular complexity index is 3590. The minimum absolute atomic E-state index is 0.219. The van der Waals surface area contributed by atoms with Crippen LogP contribution in [-0.2, 0) is 6.42 Å². The standard InChI is InChI=1S/C60H46N4/c1-3-15-41(16-4-1)61-53-25-13-9-21-47(53)59-55(61)35-36-56-60(59)48-22-10-14-26-54(48)62(56)43-31-27-39(28-32-43)40-29-33-44(34-30-40)64-52-24-12-8-20-46(52)50-37-49-45-19-7-11-23-51(45)63(57(49)38-58(50)64)42-17-5-2-6-18-42/h1-7,9-17,19,21-27,29-31,33-38,42,55,59H,8,18,20,28,32H2. The molecule has 0 spiro atoms. The summed E-state index contributed by atoms with van der Waals surface area (Å²) in [6.45, 7) is 0. The summed E-state index contributed by atoms with van der Waals surface area (Å²) in [6.07, 6.45) is 28.5. The zero-order valence-corrected chi connectivity index (χ0v) is 35.6. The first-order valence-electron chi connectivity index (χ1n) is 23.1. The Morgan fingerprint density at radius 1 is 0.516 bits per heavy atom. The third-order valence-electron chi connectivity index (χ3n) is 14.9. The predicted molar refractivity (Wildman–Crippen MR) is 269 cm³/mol. The van der Waals surface area contributed by atoms with E-state index < -0.39 is 0 Å². The van der Waals surface area contributed by atoms with E-state index >= 15 is 0 Å². The highest BCUT2D eigenvalue weighted by molar-refractivity contribution is 6.13. The zero-order chi connectivity index (χ0) is 41.9. The molecule has 1 aliphatic heterocycles. The number of hydrogen-bond acceptors (Lipinski definition) is 1. The molecule has 0 fully saturated rings. The fourth-order valence-corrected chi connectivity index (χ4v) is 12.2. The van der Waals surface area contributed by atoms with E-state index in [1.807, 2.05) is 0 Å². The molecule has 0 saturated carbocycles. The number of para-hydroxylation sites is 4. The highest BCUT2D eigenvalue weighted by Crippen LogP contribution is 2.54. The average Bonchev–Trinajstić information content (AvgIpc) is 4.08. The number of aromatic nitrogens is 3. The van der Waals surface area contributed by atoms with E-state index in [2.05, 4.69) is 219 Å². The van der Waals surface area contributed by atoms with E-state index in [4.69, 9.17) is 0 Å². The average molecular weight is 823 g/mol. The molecule has 9 aromatic rings. The molecule has 0 bridgehead atoms. The molecule has 4 heterocycles. The first-order valence-corrected chi connectivity index (χ1v) is 23.1. The van der Waals surface area contributed by atoms with Crippen LogP contribution in [0.5, 0.6) is 0 Å². The fourth-order valence-electron chi connectivity index (χ4n) is 12.2. The Morgan fingerprint density at radius 3 is 2.17 bits per heavy atom. The van der Waals surface area contributed by atoms with Gasteiger partial charge in [-0.2, -0.15) is 0 Å². The van der Waals surface area contributed by atoms with Gasteiger partial charge < -0.3 is 18.6 Å². The molecule has 0 radical (unpaired) electrons. The van der Waals surface area contributed by atoms with E-state index in [0.717, 1.165) is 32.1 Å². The number of fused-ring (bicyclic) bond motifs is 13. The molecular formula is C60H46N4. The van der Waals surface area contributed by atoms with Gasteiger partial charge in [-0.25, -0.2) is 0 Å². The Balaban J connectivity index is 0.842. The van der Waals surface area contributed by atoms with Crippen molar-refractivity contribution in [2.24, 2.45) is 0 Å². The molecule has 306 valence electrons. The molecule has 3 unspecified atom stereocenters. The van der Waals surface area contributed by atoms with Crippen molar-refractivity contribution >= 4 is 78.4 Å². The van der Waals surface area contributed by atoms with Gasteiger partial charge in [0, 0.05) is 61.4 Å². The lowest BCUT2D eigenvalue weighted by Gasteiger charge is -2.31. The lowest BCUT2D eigenvalue weighted by molar-refractivity contribution is 0.648. The Kier molecular flexibility index (Phi) is 7.85. The molecule has 3 aromatic heterocycles. The van der Waals surface area contributed by atoms with Crippen molar-refractivity contribution in [3.8, 4) is 5.69 Å². The van der Waals surface area contributed by atoms with E-state index in [9.17, 15) is 0 Å². The number of allylic oxidation sites excluding steroid dienone is 9. The lowest BCUT2D eigenvalue weighted by atomic mass is 9.82. The van der Waals surface area contributed by atoms with Crippen molar-refractivity contribution in [1.29, 1.82) is 0 Å². The molecule has 64 heavy (non-hydrogen) atoms. The first kappa shape index (κ1) is 36.0. The largest absolute Gasteiger partial charge is 0.333 e. The Labute approximate surface area is 373 Å². The van der Waals surface area contributed by atoms with Crippen molar-refractivity contribution in [2.75, 3.05) is 4.90 Å². The van der Waals surface area contributed by atoms with Crippen molar-refractivity contribution in [3.63, 3.8) is 0 Å². The van der Waals surface area contributed by atoms with Crippen LogP contribution >= 0.6 is 0 Å². The van der Waals surface area contributed by atoms with Crippen molar-refractivity contribution in [3.05, 3.63) is 222 Å². The van der Waals surface area contributed by atoms with Crippen LogP contribution in [-0.4, -0.2) is 19.7 Å². The molecule has 5 aliphatic rings. The van der Waals surface area contributed by atoms with Crippen LogP contribution in [0.25, 0.3) is 72.7 Å². The van der Waals surface area contributed by atoms with Gasteiger partial charge in [0.05, 0.1) is 34.3 Å². The number of anilines is 2. The van der Waals surface area contributed by atoms with Crippen molar-refractivity contribution < 1.29 is 0 Å². The maximum atomic E-state index is 2.57. The molecule has 14 rings (SSSR count). The van der Waals surface area contributed by atoms with Gasteiger partial charge in [-0.1, -0.05) is 127 Å². The lowest BCUT2D eigenvalue weighted by Crippen LogP contribution is -2.30. The summed E-state index contributed by atoms with van der Waals surface area (Å²) in [7, 11) is 0. The predicted octanol–water partition coefficient (Wildman–Crippen LogP) is 15.1. The quantitative estimate of drug-likeness (QED) is 0.169. The van der Waals surface area contributed by atoms with Crippen LogP contribution in [0.3, 0.4) is 0 Å².